The van der Waals surface area contributed by atoms with Gasteiger partial charge in [0.1, 0.15) is 12.2 Å². The van der Waals surface area contributed by atoms with E-state index >= 15 is 0 Å². The van der Waals surface area contributed by atoms with Crippen molar-refractivity contribution in [3.8, 4) is 0 Å². The molecule has 2 aliphatic heterocycles. The lowest BCUT2D eigenvalue weighted by Crippen LogP contribution is -2.66. The van der Waals surface area contributed by atoms with Crippen molar-refractivity contribution in [1.29, 1.82) is 0 Å². The molecule has 0 bridgehead atoms. The smallest absolute Gasteiger partial charge is 0.333 e. The van der Waals surface area contributed by atoms with E-state index in [1.54, 1.807) is 13.8 Å². The molecular weight excluding hydrogens is 554 g/mol. The maximum Gasteiger partial charge on any atom is 0.333 e. The summed E-state index contributed by atoms with van der Waals surface area (Å²) in [5.74, 6) is -1.91. The van der Waals surface area contributed by atoms with Crippen LogP contribution in [0.4, 0.5) is 0 Å². The number of carbonyl (C=O) groups is 2. The van der Waals surface area contributed by atoms with Gasteiger partial charge in [0, 0.05) is 57.9 Å². The molecule has 0 radical (unpaired) electrons. The molecule has 0 saturated carbocycles. The minimum atomic E-state index is -1.42. The Balaban J connectivity index is 1.96. The van der Waals surface area contributed by atoms with Crippen LogP contribution in [-0.4, -0.2) is 132 Å². The van der Waals surface area contributed by atoms with Crippen LogP contribution in [0.15, 0.2) is 0 Å². The quantitative estimate of drug-likeness (QED) is 0.116. The molecule has 0 spiro atoms. The Labute approximate surface area is 248 Å². The highest BCUT2D eigenvalue weighted by Gasteiger charge is 2.55. The first-order valence-electron chi connectivity index (χ1n) is 15.1. The lowest BCUT2D eigenvalue weighted by molar-refractivity contribution is -0.245. The molecule has 246 valence electrons. The lowest BCUT2D eigenvalue weighted by Gasteiger charge is -2.51. The summed E-state index contributed by atoms with van der Waals surface area (Å²) in [6, 6.07) is -0.502. The van der Waals surface area contributed by atoms with Gasteiger partial charge in [0.05, 0.1) is 36.6 Å². The number of carboxylic acid groups (broad SMARTS) is 1. The summed E-state index contributed by atoms with van der Waals surface area (Å²) in [7, 11) is 0. The van der Waals surface area contributed by atoms with Crippen molar-refractivity contribution >= 4 is 11.9 Å². The molecule has 2 saturated heterocycles. The van der Waals surface area contributed by atoms with E-state index in [1.165, 1.54) is 6.92 Å². The van der Waals surface area contributed by atoms with E-state index in [2.05, 4.69) is 5.32 Å². The molecule has 13 nitrogen and oxygen atoms in total. The fourth-order valence-corrected chi connectivity index (χ4v) is 6.17. The molecular formula is C29H53NO12. The van der Waals surface area contributed by atoms with Crippen LogP contribution in [0, 0.1) is 11.3 Å². The van der Waals surface area contributed by atoms with Crippen LogP contribution in [0.3, 0.4) is 0 Å². The molecule has 2 rings (SSSR count). The van der Waals surface area contributed by atoms with Crippen molar-refractivity contribution in [1.82, 2.24) is 5.32 Å². The summed E-state index contributed by atoms with van der Waals surface area (Å²) in [5, 5.41) is 55.6. The topological polar surface area (TPSA) is 193 Å². The second-order valence-electron chi connectivity index (χ2n) is 11.7. The molecule has 10 atom stereocenters. The number of ether oxygens (including phenoxy) is 5. The Kier molecular flexibility index (Phi) is 15.0. The van der Waals surface area contributed by atoms with Gasteiger partial charge < -0.3 is 54.5 Å². The number of carboxylic acids is 1. The molecule has 2 aliphatic rings. The van der Waals surface area contributed by atoms with Gasteiger partial charge in [0.25, 0.3) is 0 Å². The van der Waals surface area contributed by atoms with E-state index < -0.39 is 65.6 Å². The maximum absolute atomic E-state index is 12.0. The van der Waals surface area contributed by atoms with Gasteiger partial charge in [-0.15, -0.1) is 0 Å². The van der Waals surface area contributed by atoms with Crippen LogP contribution in [0.1, 0.15) is 66.7 Å². The van der Waals surface area contributed by atoms with Crippen molar-refractivity contribution in [3.05, 3.63) is 0 Å². The van der Waals surface area contributed by atoms with Gasteiger partial charge in [-0.3, -0.25) is 4.79 Å². The summed E-state index contributed by atoms with van der Waals surface area (Å²) in [4.78, 5) is 24.0. The molecule has 0 aromatic heterocycles. The number of hydrogen-bond acceptors (Lipinski definition) is 11. The summed E-state index contributed by atoms with van der Waals surface area (Å²) < 4.78 is 28.4. The minimum absolute atomic E-state index is 0.145. The second-order valence-corrected chi connectivity index (χ2v) is 11.7. The molecule has 0 aromatic carbocycles. The van der Waals surface area contributed by atoms with E-state index in [0.29, 0.717) is 39.1 Å². The zero-order chi connectivity index (χ0) is 31.5. The van der Waals surface area contributed by atoms with E-state index in [9.17, 15) is 35.1 Å². The second kappa shape index (κ2) is 17.2. The summed E-state index contributed by atoms with van der Waals surface area (Å²) in [6.45, 7) is 9.95. The fraction of sp³-hybridized carbons (Fsp3) is 0.931. The molecule has 2 fully saturated rings. The number of hydrogen-bond donors (Lipinski definition) is 6. The van der Waals surface area contributed by atoms with E-state index in [4.69, 9.17) is 23.7 Å². The van der Waals surface area contributed by atoms with Gasteiger partial charge in [-0.05, 0) is 52.9 Å². The molecule has 0 aliphatic carbocycles. The minimum Gasteiger partial charge on any atom is -0.479 e. The SMILES string of the molecule is CCOCCC1OC(CO)[C@@](C)(O)[C@@H](CCCOCCC2OC(C(=O)O)[C@@](C)(CCOCC)[C@@H](O)[C@@H]2O)[C@@H]1NC(C)=O. The van der Waals surface area contributed by atoms with Gasteiger partial charge in [0.2, 0.25) is 5.91 Å². The molecule has 6 N–H and O–H groups in total. The predicted octanol–water partition coefficient (Wildman–Crippen LogP) is 0.238. The third-order valence-corrected chi connectivity index (χ3v) is 8.72. The van der Waals surface area contributed by atoms with Crippen LogP contribution in [0.5, 0.6) is 0 Å². The van der Waals surface area contributed by atoms with Gasteiger partial charge >= 0.3 is 5.97 Å². The fourth-order valence-electron chi connectivity index (χ4n) is 6.17. The highest BCUT2D eigenvalue weighted by atomic mass is 16.5. The number of aliphatic carboxylic acids is 1. The Hall–Kier alpha value is -1.42. The third kappa shape index (κ3) is 9.29. The Morgan fingerprint density at radius 3 is 2.12 bits per heavy atom. The van der Waals surface area contributed by atoms with Crippen LogP contribution in [-0.2, 0) is 33.3 Å². The Bertz CT molecular complexity index is 828. The van der Waals surface area contributed by atoms with Crippen LogP contribution in [0.2, 0.25) is 0 Å². The average Bonchev–Trinajstić information content (AvgIpc) is 2.92. The van der Waals surface area contributed by atoms with Crippen molar-refractivity contribution in [2.45, 2.75) is 115 Å². The van der Waals surface area contributed by atoms with Crippen LogP contribution in [0.25, 0.3) is 0 Å². The summed E-state index contributed by atoms with van der Waals surface area (Å²) in [6.07, 6.45) is -4.34. The Morgan fingerprint density at radius 1 is 0.905 bits per heavy atom. The predicted molar refractivity (Wildman–Crippen MR) is 151 cm³/mol. The number of rotatable bonds is 18. The highest BCUT2D eigenvalue weighted by Crippen LogP contribution is 2.41. The maximum atomic E-state index is 12.0. The summed E-state index contributed by atoms with van der Waals surface area (Å²) in [5.41, 5.74) is -2.64. The number of nitrogens with one attached hydrogen (secondary N) is 1. The standard InChI is InChI=1S/C29H53NO12/c1-6-38-14-10-20-23(30-18(3)32)19(29(5,37)22(17-31)41-20)9-8-13-40-15-11-21-24(33)25(34)28(4,12-16-39-7-2)26(42-21)27(35)36/h19-26,31,33-34,37H,6-17H2,1-5H3,(H,30,32)(H,35,36)/t19-,20?,21?,22?,23-,24+,25-,26?,28-,29-/m0/s1. The first-order valence-corrected chi connectivity index (χ1v) is 15.1. The Morgan fingerprint density at radius 2 is 1.52 bits per heavy atom. The molecule has 42 heavy (non-hydrogen) atoms. The molecule has 2 heterocycles. The van der Waals surface area contributed by atoms with E-state index in [0.717, 1.165) is 0 Å². The van der Waals surface area contributed by atoms with Crippen molar-refractivity contribution in [3.63, 3.8) is 0 Å². The average molecular weight is 608 g/mol. The zero-order valence-electron chi connectivity index (χ0n) is 25.7. The normalized spacial score (nSPS) is 37.0. The monoisotopic (exact) mass is 607 g/mol. The van der Waals surface area contributed by atoms with Crippen LogP contribution < -0.4 is 5.32 Å². The first kappa shape index (κ1) is 36.8. The van der Waals surface area contributed by atoms with Gasteiger partial charge in [0.15, 0.2) is 6.10 Å². The largest absolute Gasteiger partial charge is 0.479 e. The molecule has 1 amide bonds. The lowest BCUT2D eigenvalue weighted by atomic mass is 9.70. The third-order valence-electron chi connectivity index (χ3n) is 8.72. The number of carbonyl (C=O) groups excluding carboxylic acids is 1. The van der Waals surface area contributed by atoms with Gasteiger partial charge in [-0.1, -0.05) is 6.92 Å². The molecule has 0 aromatic rings. The highest BCUT2D eigenvalue weighted by molar-refractivity contribution is 5.74. The molecule has 4 unspecified atom stereocenters. The van der Waals surface area contributed by atoms with E-state index in [1.807, 2.05) is 13.8 Å². The van der Waals surface area contributed by atoms with Crippen molar-refractivity contribution in [2.75, 3.05) is 46.2 Å². The summed E-state index contributed by atoms with van der Waals surface area (Å²) >= 11 is 0. The van der Waals surface area contributed by atoms with Gasteiger partial charge in [-0.2, -0.15) is 0 Å². The van der Waals surface area contributed by atoms with Crippen molar-refractivity contribution < 1.29 is 58.8 Å². The van der Waals surface area contributed by atoms with E-state index in [-0.39, 0.29) is 45.2 Å². The molecule has 13 heteroatoms. The van der Waals surface area contributed by atoms with Gasteiger partial charge in [-0.25, -0.2) is 4.79 Å². The number of amides is 1. The first-order chi connectivity index (χ1) is 19.8. The zero-order valence-corrected chi connectivity index (χ0v) is 25.7. The van der Waals surface area contributed by atoms with Crippen LogP contribution >= 0.6 is 0 Å². The number of aliphatic hydroxyl groups excluding tert-OH is 3. The van der Waals surface area contributed by atoms with Crippen molar-refractivity contribution in [2.24, 2.45) is 11.3 Å². The number of aliphatic hydroxyl groups is 4.